The van der Waals surface area contributed by atoms with Crippen LogP contribution in [0.25, 0.3) is 0 Å². The molecule has 1 heterocycles. The summed E-state index contributed by atoms with van der Waals surface area (Å²) in [4.78, 5) is 2.19. The Morgan fingerprint density at radius 1 is 1.42 bits per heavy atom. The molecular formula is C14H20F2N2S. The number of benzene rings is 1. The first kappa shape index (κ1) is 14.8. The van der Waals surface area contributed by atoms with Gasteiger partial charge in [0, 0.05) is 35.7 Å². The standard InChI is InChI=1S/C14H20F2N2S/c1-9-10(2)19-6-5-18(9)14(8-17)12-7-11(15)3-4-13(12)16/h3-4,7,9-10,14H,5-6,8,17H2,1-2H3. The number of nitrogens with zero attached hydrogens (tertiary/aromatic N) is 1. The van der Waals surface area contributed by atoms with E-state index in [2.05, 4.69) is 18.7 Å². The zero-order valence-corrected chi connectivity index (χ0v) is 12.1. The molecule has 2 N–H and O–H groups in total. The van der Waals surface area contributed by atoms with Crippen molar-refractivity contribution >= 4 is 11.8 Å². The third kappa shape index (κ3) is 3.09. The van der Waals surface area contributed by atoms with Gasteiger partial charge in [-0.3, -0.25) is 4.90 Å². The molecule has 5 heteroatoms. The monoisotopic (exact) mass is 286 g/mol. The summed E-state index contributed by atoms with van der Waals surface area (Å²) in [5, 5.41) is 0.472. The van der Waals surface area contributed by atoms with Crippen molar-refractivity contribution in [2.24, 2.45) is 5.73 Å². The molecule has 1 aliphatic rings. The maximum absolute atomic E-state index is 13.9. The van der Waals surface area contributed by atoms with Crippen molar-refractivity contribution < 1.29 is 8.78 Å². The van der Waals surface area contributed by atoms with E-state index in [1.807, 2.05) is 11.8 Å². The molecule has 0 radical (unpaired) electrons. The van der Waals surface area contributed by atoms with Crippen LogP contribution in [-0.4, -0.2) is 35.0 Å². The van der Waals surface area contributed by atoms with Gasteiger partial charge in [0.1, 0.15) is 11.6 Å². The lowest BCUT2D eigenvalue weighted by atomic mass is 10.0. The lowest BCUT2D eigenvalue weighted by molar-refractivity contribution is 0.147. The van der Waals surface area contributed by atoms with Crippen molar-refractivity contribution in [2.75, 3.05) is 18.8 Å². The molecule has 106 valence electrons. The minimum Gasteiger partial charge on any atom is -0.329 e. The first-order chi connectivity index (χ1) is 9.04. The molecule has 2 rings (SSSR count). The summed E-state index contributed by atoms with van der Waals surface area (Å²) in [6.07, 6.45) is 0. The van der Waals surface area contributed by atoms with Crippen LogP contribution in [0.15, 0.2) is 18.2 Å². The third-order valence-electron chi connectivity index (χ3n) is 3.87. The lowest BCUT2D eigenvalue weighted by Crippen LogP contribution is -2.48. The molecule has 0 bridgehead atoms. The lowest BCUT2D eigenvalue weighted by Gasteiger charge is -2.42. The number of hydrogen-bond donors (Lipinski definition) is 1. The highest BCUT2D eigenvalue weighted by atomic mass is 32.2. The molecule has 3 atom stereocenters. The van der Waals surface area contributed by atoms with Crippen molar-refractivity contribution in [1.82, 2.24) is 4.90 Å². The zero-order chi connectivity index (χ0) is 14.0. The van der Waals surface area contributed by atoms with Gasteiger partial charge in [0.25, 0.3) is 0 Å². The van der Waals surface area contributed by atoms with E-state index < -0.39 is 5.82 Å². The molecule has 1 aliphatic heterocycles. The maximum Gasteiger partial charge on any atom is 0.128 e. The van der Waals surface area contributed by atoms with Gasteiger partial charge >= 0.3 is 0 Å². The van der Waals surface area contributed by atoms with Crippen LogP contribution >= 0.6 is 11.8 Å². The first-order valence-electron chi connectivity index (χ1n) is 6.57. The molecular weight excluding hydrogens is 266 g/mol. The SMILES string of the molecule is CC1SCCN(C(CN)c2cc(F)ccc2F)C1C. The molecule has 0 spiro atoms. The van der Waals surface area contributed by atoms with E-state index >= 15 is 0 Å². The van der Waals surface area contributed by atoms with E-state index in [0.717, 1.165) is 18.4 Å². The number of thioether (sulfide) groups is 1. The molecule has 0 saturated carbocycles. The average Bonchev–Trinajstić information content (AvgIpc) is 2.39. The summed E-state index contributed by atoms with van der Waals surface area (Å²) in [6, 6.07) is 3.64. The van der Waals surface area contributed by atoms with Crippen LogP contribution < -0.4 is 5.73 Å². The van der Waals surface area contributed by atoms with Gasteiger partial charge in [-0.1, -0.05) is 6.92 Å². The van der Waals surface area contributed by atoms with Crippen molar-refractivity contribution in [3.05, 3.63) is 35.4 Å². The van der Waals surface area contributed by atoms with E-state index in [4.69, 9.17) is 5.73 Å². The van der Waals surface area contributed by atoms with Crippen LogP contribution in [0.2, 0.25) is 0 Å². The highest BCUT2D eigenvalue weighted by molar-refractivity contribution is 8.00. The van der Waals surface area contributed by atoms with E-state index in [1.165, 1.54) is 12.1 Å². The van der Waals surface area contributed by atoms with Crippen LogP contribution in [0.4, 0.5) is 8.78 Å². The smallest absolute Gasteiger partial charge is 0.128 e. The van der Waals surface area contributed by atoms with E-state index in [0.29, 0.717) is 23.4 Å². The number of hydrogen-bond acceptors (Lipinski definition) is 3. The van der Waals surface area contributed by atoms with Gasteiger partial charge in [-0.15, -0.1) is 0 Å². The predicted molar refractivity (Wildman–Crippen MR) is 76.2 cm³/mol. The van der Waals surface area contributed by atoms with Gasteiger partial charge in [0.2, 0.25) is 0 Å². The van der Waals surface area contributed by atoms with Crippen molar-refractivity contribution in [3.8, 4) is 0 Å². The Balaban J connectivity index is 2.30. The van der Waals surface area contributed by atoms with Crippen LogP contribution in [0.3, 0.4) is 0 Å². The average molecular weight is 286 g/mol. The topological polar surface area (TPSA) is 29.3 Å². The fourth-order valence-electron chi connectivity index (χ4n) is 2.61. The second-order valence-electron chi connectivity index (χ2n) is 4.97. The minimum atomic E-state index is -0.415. The van der Waals surface area contributed by atoms with Gasteiger partial charge in [-0.2, -0.15) is 11.8 Å². The molecule has 1 saturated heterocycles. The fraction of sp³-hybridized carbons (Fsp3) is 0.571. The van der Waals surface area contributed by atoms with Crippen LogP contribution in [-0.2, 0) is 0 Å². The number of nitrogens with two attached hydrogens (primary N) is 1. The van der Waals surface area contributed by atoms with Gasteiger partial charge < -0.3 is 5.73 Å². The Labute approximate surface area is 117 Å². The Morgan fingerprint density at radius 3 is 2.84 bits per heavy atom. The quantitative estimate of drug-likeness (QED) is 0.926. The van der Waals surface area contributed by atoms with E-state index in [-0.39, 0.29) is 11.9 Å². The molecule has 0 aromatic heterocycles. The van der Waals surface area contributed by atoms with Gasteiger partial charge in [-0.05, 0) is 25.1 Å². The largest absolute Gasteiger partial charge is 0.329 e. The Kier molecular flexibility index (Phi) is 4.81. The first-order valence-corrected chi connectivity index (χ1v) is 7.61. The van der Waals surface area contributed by atoms with Crippen LogP contribution in [0.1, 0.15) is 25.5 Å². The molecule has 19 heavy (non-hydrogen) atoms. The summed E-state index contributed by atoms with van der Waals surface area (Å²) in [7, 11) is 0. The van der Waals surface area contributed by atoms with Crippen LogP contribution in [0.5, 0.6) is 0 Å². The molecule has 2 nitrogen and oxygen atoms in total. The fourth-order valence-corrected chi connectivity index (χ4v) is 3.73. The van der Waals surface area contributed by atoms with E-state index in [1.54, 1.807) is 0 Å². The minimum absolute atomic E-state index is 0.256. The summed E-state index contributed by atoms with van der Waals surface area (Å²) < 4.78 is 27.3. The number of rotatable bonds is 3. The second-order valence-corrected chi connectivity index (χ2v) is 6.46. The van der Waals surface area contributed by atoms with Crippen molar-refractivity contribution in [1.29, 1.82) is 0 Å². The molecule has 1 aromatic rings. The van der Waals surface area contributed by atoms with Gasteiger partial charge in [-0.25, -0.2) is 8.78 Å². The molecule has 3 unspecified atom stereocenters. The molecule has 0 amide bonds. The summed E-state index contributed by atoms with van der Waals surface area (Å²) >= 11 is 1.91. The highest BCUT2D eigenvalue weighted by Gasteiger charge is 2.32. The Morgan fingerprint density at radius 2 is 2.16 bits per heavy atom. The summed E-state index contributed by atoms with van der Waals surface area (Å²) in [5.74, 6) is 0.204. The van der Waals surface area contributed by atoms with Crippen molar-refractivity contribution in [3.63, 3.8) is 0 Å². The normalized spacial score (nSPS) is 26.4. The highest BCUT2D eigenvalue weighted by Crippen LogP contribution is 2.32. The summed E-state index contributed by atoms with van der Waals surface area (Å²) in [6.45, 7) is 5.43. The van der Waals surface area contributed by atoms with Crippen molar-refractivity contribution in [2.45, 2.75) is 31.2 Å². The zero-order valence-electron chi connectivity index (χ0n) is 11.3. The second kappa shape index (κ2) is 6.20. The van der Waals surface area contributed by atoms with Crippen LogP contribution in [0, 0.1) is 11.6 Å². The summed E-state index contributed by atoms with van der Waals surface area (Å²) in [5.41, 5.74) is 6.19. The Bertz CT molecular complexity index is 441. The van der Waals surface area contributed by atoms with E-state index in [9.17, 15) is 8.78 Å². The van der Waals surface area contributed by atoms with Gasteiger partial charge in [0.15, 0.2) is 0 Å². The molecule has 1 fully saturated rings. The van der Waals surface area contributed by atoms with Gasteiger partial charge in [0.05, 0.1) is 6.04 Å². The number of halogens is 2. The maximum atomic E-state index is 13.9. The molecule has 1 aromatic carbocycles. The Hall–Kier alpha value is -0.650. The third-order valence-corrected chi connectivity index (χ3v) is 5.21. The molecule has 0 aliphatic carbocycles. The predicted octanol–water partition coefficient (Wildman–Crippen LogP) is 2.79.